The van der Waals surface area contributed by atoms with Crippen LogP contribution in [0.2, 0.25) is 0 Å². The van der Waals surface area contributed by atoms with Crippen LogP contribution in [0.1, 0.15) is 81.4 Å². The second-order valence-corrected chi connectivity index (χ2v) is 15.3. The Morgan fingerprint density at radius 2 is 1.73 bits per heavy atom. The molecule has 1 saturated heterocycles. The molecule has 1 aliphatic heterocycles. The second kappa shape index (κ2) is 15.9. The first-order valence-corrected chi connectivity index (χ1v) is 18.2. The van der Waals surface area contributed by atoms with Gasteiger partial charge in [0.25, 0.3) is 0 Å². The maximum absolute atomic E-state index is 13.8. The number of carbonyl (C=O) groups excluding carboxylic acids is 1. The Kier molecular flexibility index (Phi) is 12.5. The molecular weight excluding hydrogens is 586 g/mol. The first-order chi connectivity index (χ1) is 21.5. The highest BCUT2D eigenvalue weighted by Gasteiger charge is 2.38. The Hall–Kier alpha value is -2.46. The largest absolute Gasteiger partial charge is 0.497 e. The van der Waals surface area contributed by atoms with Crippen molar-refractivity contribution in [3.63, 3.8) is 0 Å². The van der Waals surface area contributed by atoms with Crippen LogP contribution in [0.25, 0.3) is 0 Å². The van der Waals surface area contributed by atoms with Crippen LogP contribution in [-0.4, -0.2) is 82.1 Å². The van der Waals surface area contributed by atoms with Crippen LogP contribution in [0.5, 0.6) is 5.75 Å². The molecule has 2 aromatic rings. The van der Waals surface area contributed by atoms with Gasteiger partial charge < -0.3 is 19.7 Å². The maximum Gasteiger partial charge on any atom is 0.248 e. The molecule has 0 radical (unpaired) electrons. The number of aryl methyl sites for hydroxylation is 3. The van der Waals surface area contributed by atoms with Crippen molar-refractivity contribution in [1.29, 1.82) is 0 Å². The van der Waals surface area contributed by atoms with Gasteiger partial charge in [-0.1, -0.05) is 36.8 Å². The SMILES string of the molecule is COc1cc(C)c(S(=O)(=O)N2CCCCC2COC(C)C(=O)NCCC2CCC(CCc3ccccc3)(N(C)C)CC2)c(C)c1. The highest BCUT2D eigenvalue weighted by Crippen LogP contribution is 2.39. The van der Waals surface area contributed by atoms with E-state index in [0.717, 1.165) is 25.7 Å². The Morgan fingerprint density at radius 3 is 2.36 bits per heavy atom. The van der Waals surface area contributed by atoms with Crippen molar-refractivity contribution in [3.8, 4) is 5.75 Å². The summed E-state index contributed by atoms with van der Waals surface area (Å²) in [6.45, 7) is 6.65. The zero-order chi connectivity index (χ0) is 32.6. The number of piperidine rings is 1. The molecule has 2 unspecified atom stereocenters. The molecule has 0 bridgehead atoms. The first kappa shape index (κ1) is 35.4. The zero-order valence-electron chi connectivity index (χ0n) is 28.3. The predicted molar refractivity (Wildman–Crippen MR) is 180 cm³/mol. The molecule has 1 saturated carbocycles. The fourth-order valence-electron chi connectivity index (χ4n) is 7.33. The number of carbonyl (C=O) groups is 1. The predicted octanol–water partition coefficient (Wildman–Crippen LogP) is 5.89. The number of nitrogens with one attached hydrogen (secondary N) is 1. The van der Waals surface area contributed by atoms with Crippen molar-refractivity contribution in [2.24, 2.45) is 5.92 Å². The Labute approximate surface area is 271 Å². The fourth-order valence-corrected chi connectivity index (χ4v) is 9.42. The van der Waals surface area contributed by atoms with Crippen LogP contribution in [0.4, 0.5) is 0 Å². The van der Waals surface area contributed by atoms with Crippen LogP contribution < -0.4 is 10.1 Å². The number of rotatable bonds is 14. The third-order valence-corrected chi connectivity index (χ3v) is 12.5. The van der Waals surface area contributed by atoms with E-state index in [4.69, 9.17) is 9.47 Å². The molecule has 2 aromatic carbocycles. The quantitative estimate of drug-likeness (QED) is 0.277. The molecule has 250 valence electrons. The molecule has 1 heterocycles. The number of amides is 1. The van der Waals surface area contributed by atoms with Crippen molar-refractivity contribution in [1.82, 2.24) is 14.5 Å². The van der Waals surface area contributed by atoms with E-state index < -0.39 is 16.1 Å². The van der Waals surface area contributed by atoms with Crippen LogP contribution in [0.3, 0.4) is 0 Å². The van der Waals surface area contributed by atoms with E-state index in [0.29, 0.717) is 47.2 Å². The Morgan fingerprint density at radius 1 is 1.07 bits per heavy atom. The molecule has 1 aliphatic carbocycles. The van der Waals surface area contributed by atoms with Gasteiger partial charge >= 0.3 is 0 Å². The normalized spacial score (nSPS) is 23.5. The molecule has 8 nitrogen and oxygen atoms in total. The summed E-state index contributed by atoms with van der Waals surface area (Å²) >= 11 is 0. The lowest BCUT2D eigenvalue weighted by molar-refractivity contribution is -0.132. The monoisotopic (exact) mass is 641 g/mol. The lowest BCUT2D eigenvalue weighted by Crippen LogP contribution is -2.48. The Bertz CT molecular complexity index is 1330. The highest BCUT2D eigenvalue weighted by atomic mass is 32.2. The van der Waals surface area contributed by atoms with Gasteiger partial charge in [0.05, 0.1) is 18.6 Å². The van der Waals surface area contributed by atoms with Gasteiger partial charge in [-0.05, 0) is 127 Å². The van der Waals surface area contributed by atoms with Crippen molar-refractivity contribution < 1.29 is 22.7 Å². The van der Waals surface area contributed by atoms with Gasteiger partial charge in [-0.2, -0.15) is 4.31 Å². The minimum Gasteiger partial charge on any atom is -0.497 e. The standard InChI is InChI=1S/C36H55N3O5S/c1-27-24-33(43-6)25-28(2)34(27)45(41,42)39-23-11-10-14-32(39)26-44-29(3)35(40)37-22-18-31-16-20-36(21-17-31,38(4)5)19-15-30-12-8-7-9-13-30/h7-9,12-13,24-25,29,31-32H,10-11,14-23,26H2,1-6H3,(H,37,40). The van der Waals surface area contributed by atoms with Crippen LogP contribution in [-0.2, 0) is 26.0 Å². The summed E-state index contributed by atoms with van der Waals surface area (Å²) in [4.78, 5) is 15.7. The van der Waals surface area contributed by atoms with Crippen LogP contribution in [0, 0.1) is 19.8 Å². The molecule has 45 heavy (non-hydrogen) atoms. The Balaban J connectivity index is 1.24. The smallest absolute Gasteiger partial charge is 0.248 e. The van der Waals surface area contributed by atoms with Crippen molar-refractivity contribution in [2.45, 2.75) is 108 Å². The van der Waals surface area contributed by atoms with Gasteiger partial charge in [-0.15, -0.1) is 0 Å². The molecule has 2 atom stereocenters. The van der Waals surface area contributed by atoms with Gasteiger partial charge in [0, 0.05) is 24.7 Å². The van der Waals surface area contributed by atoms with E-state index in [1.165, 1.54) is 37.7 Å². The number of hydrogen-bond acceptors (Lipinski definition) is 6. The molecule has 0 aromatic heterocycles. The number of nitrogens with zero attached hydrogens (tertiary/aromatic N) is 2. The van der Waals surface area contributed by atoms with E-state index >= 15 is 0 Å². The first-order valence-electron chi connectivity index (χ1n) is 16.7. The fraction of sp³-hybridized carbons (Fsp3) is 0.639. The van der Waals surface area contributed by atoms with Crippen molar-refractivity contribution in [2.75, 3.05) is 40.9 Å². The average Bonchev–Trinajstić information content (AvgIpc) is 3.03. The van der Waals surface area contributed by atoms with E-state index in [1.54, 1.807) is 30.5 Å². The number of hydrogen-bond donors (Lipinski definition) is 1. The van der Waals surface area contributed by atoms with Crippen molar-refractivity contribution >= 4 is 15.9 Å². The van der Waals surface area contributed by atoms with Gasteiger partial charge in [-0.3, -0.25) is 4.79 Å². The van der Waals surface area contributed by atoms with E-state index in [2.05, 4.69) is 54.6 Å². The van der Waals surface area contributed by atoms with E-state index in [-0.39, 0.29) is 24.1 Å². The molecular formula is C36H55N3O5S. The van der Waals surface area contributed by atoms with Gasteiger partial charge in [-0.25, -0.2) is 8.42 Å². The molecule has 1 N–H and O–H groups in total. The lowest BCUT2D eigenvalue weighted by Gasteiger charge is -2.45. The molecule has 4 rings (SSSR count). The molecule has 9 heteroatoms. The molecule has 1 amide bonds. The summed E-state index contributed by atoms with van der Waals surface area (Å²) < 4.78 is 40.6. The van der Waals surface area contributed by atoms with Crippen molar-refractivity contribution in [3.05, 3.63) is 59.2 Å². The average molecular weight is 642 g/mol. The summed E-state index contributed by atoms with van der Waals surface area (Å²) in [6.07, 6.45) is 9.76. The number of sulfonamides is 1. The zero-order valence-corrected chi connectivity index (χ0v) is 29.1. The number of methoxy groups -OCH3 is 1. The van der Waals surface area contributed by atoms with E-state index in [1.807, 2.05) is 13.8 Å². The topological polar surface area (TPSA) is 88.2 Å². The van der Waals surface area contributed by atoms with Crippen LogP contribution >= 0.6 is 0 Å². The minimum absolute atomic E-state index is 0.136. The van der Waals surface area contributed by atoms with E-state index in [9.17, 15) is 13.2 Å². The summed E-state index contributed by atoms with van der Waals surface area (Å²) in [5, 5.41) is 3.08. The number of ether oxygens (including phenoxy) is 2. The molecule has 2 aliphatic rings. The maximum atomic E-state index is 13.8. The third-order valence-electron chi connectivity index (χ3n) is 10.3. The molecule has 0 spiro atoms. The summed E-state index contributed by atoms with van der Waals surface area (Å²) in [5.41, 5.74) is 2.98. The van der Waals surface area contributed by atoms with Crippen LogP contribution in [0.15, 0.2) is 47.4 Å². The molecule has 2 fully saturated rings. The highest BCUT2D eigenvalue weighted by molar-refractivity contribution is 7.89. The third kappa shape index (κ3) is 8.88. The van der Waals surface area contributed by atoms with Gasteiger partial charge in [0.2, 0.25) is 15.9 Å². The number of benzene rings is 2. The van der Waals surface area contributed by atoms with Gasteiger partial charge in [0.15, 0.2) is 0 Å². The summed E-state index contributed by atoms with van der Waals surface area (Å²) in [6, 6.07) is 14.0. The second-order valence-electron chi connectivity index (χ2n) is 13.5. The minimum atomic E-state index is -3.73. The lowest BCUT2D eigenvalue weighted by atomic mass is 9.72. The summed E-state index contributed by atoms with van der Waals surface area (Å²) in [5.74, 6) is 1.12. The van der Waals surface area contributed by atoms with Gasteiger partial charge in [0.1, 0.15) is 11.9 Å². The summed E-state index contributed by atoms with van der Waals surface area (Å²) in [7, 11) is 2.29.